The molecule has 1 saturated heterocycles. The third-order valence-electron chi connectivity index (χ3n) is 3.18. The first-order valence-corrected chi connectivity index (χ1v) is 6.30. The van der Waals surface area contributed by atoms with E-state index in [0.717, 1.165) is 25.8 Å². The van der Waals surface area contributed by atoms with Crippen molar-refractivity contribution in [1.82, 2.24) is 4.90 Å². The molecule has 0 radical (unpaired) electrons. The predicted molar refractivity (Wildman–Crippen MR) is 73.2 cm³/mol. The van der Waals surface area contributed by atoms with E-state index in [2.05, 4.69) is 0 Å². The first-order chi connectivity index (χ1) is 7.99. The molecule has 0 aromatic rings. The summed E-state index contributed by atoms with van der Waals surface area (Å²) in [5, 5.41) is 0. The Hall–Kier alpha value is -0.810. The first-order valence-electron chi connectivity index (χ1n) is 6.30. The fourth-order valence-electron chi connectivity index (χ4n) is 2.25. The number of rotatable bonds is 5. The topological polar surface area (TPSA) is 89.4 Å². The van der Waals surface area contributed by atoms with Crippen LogP contribution >= 0.6 is 12.4 Å². The van der Waals surface area contributed by atoms with Gasteiger partial charge in [-0.1, -0.05) is 0 Å². The second kappa shape index (κ2) is 8.32. The van der Waals surface area contributed by atoms with Crippen LogP contribution in [0.1, 0.15) is 39.0 Å². The Kier molecular flexibility index (Phi) is 7.95. The van der Waals surface area contributed by atoms with Gasteiger partial charge in [-0.3, -0.25) is 9.59 Å². The standard InChI is InChI=1S/C12H23N3O2.ClH/c1-9(13)4-5-12(17)15-6-2-3-10(8-15)7-11(14)16;/h9-10H,2-8,13H2,1H3,(H2,14,16);1H. The normalized spacial score (nSPS) is 21.0. The molecule has 0 aliphatic carbocycles. The number of carbonyl (C=O) groups is 2. The summed E-state index contributed by atoms with van der Waals surface area (Å²) in [6.07, 6.45) is 3.55. The number of nitrogens with zero attached hydrogens (tertiary/aromatic N) is 1. The summed E-state index contributed by atoms with van der Waals surface area (Å²) in [4.78, 5) is 24.6. The van der Waals surface area contributed by atoms with Gasteiger partial charge >= 0.3 is 0 Å². The smallest absolute Gasteiger partial charge is 0.222 e. The highest BCUT2D eigenvalue weighted by Crippen LogP contribution is 2.20. The van der Waals surface area contributed by atoms with Crippen molar-refractivity contribution in [1.29, 1.82) is 0 Å². The van der Waals surface area contributed by atoms with Crippen LogP contribution in [0.15, 0.2) is 0 Å². The molecular weight excluding hydrogens is 254 g/mol. The van der Waals surface area contributed by atoms with Crippen LogP contribution in [0.3, 0.4) is 0 Å². The number of hydrogen-bond donors (Lipinski definition) is 2. The molecule has 1 heterocycles. The lowest BCUT2D eigenvalue weighted by Crippen LogP contribution is -2.41. The molecule has 2 atom stereocenters. The monoisotopic (exact) mass is 277 g/mol. The maximum absolute atomic E-state index is 11.9. The first kappa shape index (κ1) is 17.2. The summed E-state index contributed by atoms with van der Waals surface area (Å²) < 4.78 is 0. The zero-order chi connectivity index (χ0) is 12.8. The van der Waals surface area contributed by atoms with Crippen molar-refractivity contribution >= 4 is 24.2 Å². The molecule has 1 aliphatic heterocycles. The van der Waals surface area contributed by atoms with E-state index in [9.17, 15) is 9.59 Å². The predicted octanol–water partition coefficient (Wildman–Crippen LogP) is 0.650. The highest BCUT2D eigenvalue weighted by molar-refractivity contribution is 5.85. The fraction of sp³-hybridized carbons (Fsp3) is 0.833. The van der Waals surface area contributed by atoms with Crippen molar-refractivity contribution in [3.63, 3.8) is 0 Å². The summed E-state index contributed by atoms with van der Waals surface area (Å²) in [7, 11) is 0. The van der Waals surface area contributed by atoms with Crippen LogP contribution in [0.4, 0.5) is 0 Å². The van der Waals surface area contributed by atoms with E-state index in [0.29, 0.717) is 19.4 Å². The van der Waals surface area contributed by atoms with Crippen LogP contribution in [0.2, 0.25) is 0 Å². The minimum absolute atomic E-state index is 0. The molecule has 0 saturated carbocycles. The summed E-state index contributed by atoms with van der Waals surface area (Å²) >= 11 is 0. The molecule has 5 nitrogen and oxygen atoms in total. The molecule has 1 rings (SSSR count). The number of hydrogen-bond acceptors (Lipinski definition) is 3. The van der Waals surface area contributed by atoms with Gasteiger partial charge in [-0.15, -0.1) is 12.4 Å². The van der Waals surface area contributed by atoms with Crippen LogP contribution in [-0.4, -0.2) is 35.8 Å². The summed E-state index contributed by atoms with van der Waals surface area (Å²) in [5.41, 5.74) is 10.8. The number of nitrogens with two attached hydrogens (primary N) is 2. The van der Waals surface area contributed by atoms with E-state index in [-0.39, 0.29) is 36.2 Å². The molecule has 1 aliphatic rings. The SMILES string of the molecule is CC(N)CCC(=O)N1CCCC(CC(N)=O)C1.Cl. The maximum atomic E-state index is 11.9. The van der Waals surface area contributed by atoms with Crippen LogP contribution in [-0.2, 0) is 9.59 Å². The van der Waals surface area contributed by atoms with Gasteiger partial charge in [0.05, 0.1) is 0 Å². The van der Waals surface area contributed by atoms with Crippen molar-refractivity contribution in [2.75, 3.05) is 13.1 Å². The van der Waals surface area contributed by atoms with Crippen LogP contribution in [0, 0.1) is 5.92 Å². The van der Waals surface area contributed by atoms with E-state index in [4.69, 9.17) is 11.5 Å². The largest absolute Gasteiger partial charge is 0.370 e. The molecule has 18 heavy (non-hydrogen) atoms. The number of carbonyl (C=O) groups excluding carboxylic acids is 2. The number of piperidine rings is 1. The van der Waals surface area contributed by atoms with Gasteiger partial charge in [0.1, 0.15) is 0 Å². The Morgan fingerprint density at radius 3 is 2.67 bits per heavy atom. The molecule has 2 unspecified atom stereocenters. The fourth-order valence-corrected chi connectivity index (χ4v) is 2.25. The zero-order valence-corrected chi connectivity index (χ0v) is 11.7. The highest BCUT2D eigenvalue weighted by Gasteiger charge is 2.24. The minimum atomic E-state index is -0.278. The molecular formula is C12H24ClN3O2. The molecule has 2 amide bonds. The van der Waals surface area contributed by atoms with E-state index in [1.165, 1.54) is 0 Å². The van der Waals surface area contributed by atoms with E-state index >= 15 is 0 Å². The average Bonchev–Trinajstić information content (AvgIpc) is 2.25. The average molecular weight is 278 g/mol. The van der Waals surface area contributed by atoms with Crippen molar-refractivity contribution < 1.29 is 9.59 Å². The number of amides is 2. The van der Waals surface area contributed by atoms with Gasteiger partial charge in [0.25, 0.3) is 0 Å². The summed E-state index contributed by atoms with van der Waals surface area (Å²) in [5.74, 6) is 0.108. The van der Waals surface area contributed by atoms with Crippen LogP contribution in [0.5, 0.6) is 0 Å². The Labute approximate surface area is 115 Å². The van der Waals surface area contributed by atoms with Crippen LogP contribution < -0.4 is 11.5 Å². The lowest BCUT2D eigenvalue weighted by atomic mass is 9.94. The lowest BCUT2D eigenvalue weighted by Gasteiger charge is -2.32. The van der Waals surface area contributed by atoms with E-state index < -0.39 is 0 Å². The Morgan fingerprint density at radius 1 is 1.44 bits per heavy atom. The number of halogens is 1. The van der Waals surface area contributed by atoms with Gasteiger partial charge < -0.3 is 16.4 Å². The minimum Gasteiger partial charge on any atom is -0.370 e. The zero-order valence-electron chi connectivity index (χ0n) is 10.9. The van der Waals surface area contributed by atoms with Crippen LogP contribution in [0.25, 0.3) is 0 Å². The molecule has 0 aromatic carbocycles. The molecule has 4 N–H and O–H groups in total. The third-order valence-corrected chi connectivity index (χ3v) is 3.18. The van der Waals surface area contributed by atoms with Crippen molar-refractivity contribution in [2.45, 2.75) is 45.1 Å². The highest BCUT2D eigenvalue weighted by atomic mass is 35.5. The van der Waals surface area contributed by atoms with Crippen molar-refractivity contribution in [3.8, 4) is 0 Å². The molecule has 0 aromatic heterocycles. The number of likely N-dealkylation sites (tertiary alicyclic amines) is 1. The van der Waals surface area contributed by atoms with Crippen molar-refractivity contribution in [2.24, 2.45) is 17.4 Å². The van der Waals surface area contributed by atoms with Gasteiger partial charge in [-0.25, -0.2) is 0 Å². The summed E-state index contributed by atoms with van der Waals surface area (Å²) in [6.45, 7) is 3.37. The van der Waals surface area contributed by atoms with Gasteiger partial charge in [0.15, 0.2) is 0 Å². The van der Waals surface area contributed by atoms with E-state index in [1.54, 1.807) is 0 Å². The molecule has 0 spiro atoms. The molecule has 106 valence electrons. The Balaban J connectivity index is 0.00000289. The third kappa shape index (κ3) is 6.21. The van der Waals surface area contributed by atoms with Gasteiger partial charge in [-0.05, 0) is 32.1 Å². The van der Waals surface area contributed by atoms with Gasteiger partial charge in [0.2, 0.25) is 11.8 Å². The van der Waals surface area contributed by atoms with Crippen molar-refractivity contribution in [3.05, 3.63) is 0 Å². The van der Waals surface area contributed by atoms with Gasteiger partial charge in [0, 0.05) is 32.0 Å². The lowest BCUT2D eigenvalue weighted by molar-refractivity contribution is -0.134. The second-order valence-electron chi connectivity index (χ2n) is 5.03. The maximum Gasteiger partial charge on any atom is 0.222 e. The Bertz CT molecular complexity index is 284. The molecule has 1 fully saturated rings. The molecule has 0 bridgehead atoms. The van der Waals surface area contributed by atoms with Gasteiger partial charge in [-0.2, -0.15) is 0 Å². The number of primary amides is 1. The Morgan fingerprint density at radius 2 is 2.11 bits per heavy atom. The second-order valence-corrected chi connectivity index (χ2v) is 5.03. The van der Waals surface area contributed by atoms with E-state index in [1.807, 2.05) is 11.8 Å². The molecule has 6 heteroatoms. The quantitative estimate of drug-likeness (QED) is 0.773. The summed E-state index contributed by atoms with van der Waals surface area (Å²) in [6, 6.07) is 0.0603.